The molecular weight excluding hydrogens is 267 g/mol. The number of piperidine rings is 1. The minimum atomic E-state index is -3.60. The predicted molar refractivity (Wildman–Crippen MR) is 72.6 cm³/mol. The SMILES string of the molecule is CCC1CCN(S(=O)(=O)c2ccc(F)cc2N)CC1. The van der Waals surface area contributed by atoms with E-state index in [1.165, 1.54) is 10.4 Å². The summed E-state index contributed by atoms with van der Waals surface area (Å²) < 4.78 is 39.3. The summed E-state index contributed by atoms with van der Waals surface area (Å²) >= 11 is 0. The van der Waals surface area contributed by atoms with Crippen molar-refractivity contribution < 1.29 is 12.8 Å². The second kappa shape index (κ2) is 5.46. The van der Waals surface area contributed by atoms with Gasteiger partial charge in [-0.05, 0) is 37.0 Å². The van der Waals surface area contributed by atoms with Crippen LogP contribution in [-0.2, 0) is 10.0 Å². The summed E-state index contributed by atoms with van der Waals surface area (Å²) in [4.78, 5) is 0.00356. The van der Waals surface area contributed by atoms with Crippen LogP contribution in [-0.4, -0.2) is 25.8 Å². The lowest BCUT2D eigenvalue weighted by molar-refractivity contribution is 0.269. The quantitative estimate of drug-likeness (QED) is 0.867. The highest BCUT2D eigenvalue weighted by Gasteiger charge is 2.30. The van der Waals surface area contributed by atoms with Gasteiger partial charge in [0.2, 0.25) is 10.0 Å². The molecular formula is C13H19FN2O2S. The molecule has 0 saturated carbocycles. The molecule has 106 valence electrons. The van der Waals surface area contributed by atoms with Crippen LogP contribution in [0.5, 0.6) is 0 Å². The molecule has 0 unspecified atom stereocenters. The Bertz CT molecular complexity index is 552. The number of hydrogen-bond donors (Lipinski definition) is 1. The molecule has 0 spiro atoms. The first kappa shape index (κ1) is 14.3. The first-order valence-electron chi connectivity index (χ1n) is 6.50. The Morgan fingerprint density at radius 1 is 1.37 bits per heavy atom. The summed E-state index contributed by atoms with van der Waals surface area (Å²) in [5, 5.41) is 0. The Morgan fingerprint density at radius 2 is 2.00 bits per heavy atom. The number of nitrogens with two attached hydrogens (primary N) is 1. The maximum atomic E-state index is 13.0. The Morgan fingerprint density at radius 3 is 2.53 bits per heavy atom. The fraction of sp³-hybridized carbons (Fsp3) is 0.538. The zero-order valence-corrected chi connectivity index (χ0v) is 11.8. The molecule has 0 aromatic heterocycles. The fourth-order valence-corrected chi connectivity index (χ4v) is 4.02. The highest BCUT2D eigenvalue weighted by molar-refractivity contribution is 7.89. The largest absolute Gasteiger partial charge is 0.398 e. The van der Waals surface area contributed by atoms with Gasteiger partial charge in [0.1, 0.15) is 10.7 Å². The van der Waals surface area contributed by atoms with Gasteiger partial charge in [0.15, 0.2) is 0 Å². The van der Waals surface area contributed by atoms with Crippen LogP contribution in [0.25, 0.3) is 0 Å². The van der Waals surface area contributed by atoms with E-state index >= 15 is 0 Å². The zero-order chi connectivity index (χ0) is 14.0. The molecule has 0 radical (unpaired) electrons. The maximum Gasteiger partial charge on any atom is 0.245 e. The number of nitrogen functional groups attached to an aromatic ring is 1. The normalized spacial score (nSPS) is 18.6. The van der Waals surface area contributed by atoms with Crippen molar-refractivity contribution in [3.63, 3.8) is 0 Å². The molecule has 4 nitrogen and oxygen atoms in total. The smallest absolute Gasteiger partial charge is 0.245 e. The topological polar surface area (TPSA) is 63.4 Å². The van der Waals surface area contributed by atoms with Crippen molar-refractivity contribution in [2.75, 3.05) is 18.8 Å². The first-order chi connectivity index (χ1) is 8.95. The highest BCUT2D eigenvalue weighted by atomic mass is 32.2. The van der Waals surface area contributed by atoms with Crippen LogP contribution in [0.15, 0.2) is 23.1 Å². The van der Waals surface area contributed by atoms with Gasteiger partial charge in [-0.3, -0.25) is 0 Å². The van der Waals surface area contributed by atoms with Crippen molar-refractivity contribution in [3.05, 3.63) is 24.0 Å². The van der Waals surface area contributed by atoms with E-state index in [1.54, 1.807) is 0 Å². The molecule has 1 fully saturated rings. The number of sulfonamides is 1. The Balaban J connectivity index is 2.23. The minimum Gasteiger partial charge on any atom is -0.398 e. The molecule has 1 aromatic rings. The van der Waals surface area contributed by atoms with Gasteiger partial charge in [-0.15, -0.1) is 0 Å². The summed E-state index contributed by atoms with van der Waals surface area (Å²) in [6, 6.07) is 3.42. The average molecular weight is 286 g/mol. The molecule has 1 aliphatic rings. The molecule has 1 heterocycles. The van der Waals surface area contributed by atoms with E-state index in [-0.39, 0.29) is 10.6 Å². The van der Waals surface area contributed by atoms with Crippen LogP contribution in [0.1, 0.15) is 26.2 Å². The van der Waals surface area contributed by atoms with Crippen LogP contribution >= 0.6 is 0 Å². The predicted octanol–water partition coefficient (Wildman–Crippen LogP) is 2.22. The molecule has 0 atom stereocenters. The standard InChI is InChI=1S/C13H19FN2O2S/c1-2-10-5-7-16(8-6-10)19(17,18)13-4-3-11(14)9-12(13)15/h3-4,9-10H,2,5-8,15H2,1H3. The minimum absolute atomic E-state index is 0.00356. The Hall–Kier alpha value is -1.14. The van der Waals surface area contributed by atoms with Gasteiger partial charge >= 0.3 is 0 Å². The molecule has 1 saturated heterocycles. The number of nitrogens with zero attached hydrogens (tertiary/aromatic N) is 1. The van der Waals surface area contributed by atoms with Gasteiger partial charge in [-0.2, -0.15) is 4.31 Å². The monoisotopic (exact) mass is 286 g/mol. The maximum absolute atomic E-state index is 13.0. The third-order valence-electron chi connectivity index (χ3n) is 3.74. The van der Waals surface area contributed by atoms with Crippen LogP contribution in [0.3, 0.4) is 0 Å². The van der Waals surface area contributed by atoms with E-state index in [2.05, 4.69) is 6.92 Å². The summed E-state index contributed by atoms with van der Waals surface area (Å²) in [5.74, 6) is 0.0677. The Labute approximate surface area is 113 Å². The lowest BCUT2D eigenvalue weighted by Crippen LogP contribution is -2.38. The second-order valence-corrected chi connectivity index (χ2v) is 6.84. The molecule has 2 N–H and O–H groups in total. The average Bonchev–Trinajstić information content (AvgIpc) is 2.38. The third kappa shape index (κ3) is 2.90. The van der Waals surface area contributed by atoms with Crippen LogP contribution in [0.2, 0.25) is 0 Å². The molecule has 0 aliphatic carbocycles. The summed E-state index contributed by atoms with van der Waals surface area (Å²) in [7, 11) is -3.60. The van der Waals surface area contributed by atoms with Crippen molar-refractivity contribution in [3.8, 4) is 0 Å². The zero-order valence-electron chi connectivity index (χ0n) is 11.0. The van der Waals surface area contributed by atoms with E-state index < -0.39 is 15.8 Å². The van der Waals surface area contributed by atoms with Crippen LogP contribution in [0, 0.1) is 11.7 Å². The van der Waals surface area contributed by atoms with Gasteiger partial charge in [-0.1, -0.05) is 13.3 Å². The molecule has 6 heteroatoms. The van der Waals surface area contributed by atoms with E-state index in [1.807, 2.05) is 0 Å². The molecule has 0 amide bonds. The van der Waals surface area contributed by atoms with Gasteiger partial charge in [0.05, 0.1) is 5.69 Å². The second-order valence-electron chi connectivity index (χ2n) is 4.94. The first-order valence-corrected chi connectivity index (χ1v) is 7.94. The van der Waals surface area contributed by atoms with E-state index in [4.69, 9.17) is 5.73 Å². The molecule has 19 heavy (non-hydrogen) atoms. The van der Waals surface area contributed by atoms with E-state index in [0.717, 1.165) is 31.4 Å². The van der Waals surface area contributed by atoms with Crippen molar-refractivity contribution in [1.29, 1.82) is 0 Å². The van der Waals surface area contributed by atoms with Crippen molar-refractivity contribution in [1.82, 2.24) is 4.31 Å². The summed E-state index contributed by atoms with van der Waals surface area (Å²) in [6.45, 7) is 3.14. The van der Waals surface area contributed by atoms with E-state index in [9.17, 15) is 12.8 Å². The van der Waals surface area contributed by atoms with Gasteiger partial charge in [0, 0.05) is 13.1 Å². The van der Waals surface area contributed by atoms with Crippen molar-refractivity contribution in [2.45, 2.75) is 31.1 Å². The lowest BCUT2D eigenvalue weighted by atomic mass is 9.96. The van der Waals surface area contributed by atoms with Crippen LogP contribution in [0.4, 0.5) is 10.1 Å². The highest BCUT2D eigenvalue weighted by Crippen LogP contribution is 2.28. The lowest BCUT2D eigenvalue weighted by Gasteiger charge is -2.30. The molecule has 2 rings (SSSR count). The molecule has 1 aromatic carbocycles. The van der Waals surface area contributed by atoms with E-state index in [0.29, 0.717) is 19.0 Å². The van der Waals surface area contributed by atoms with Crippen molar-refractivity contribution in [2.24, 2.45) is 5.92 Å². The number of benzene rings is 1. The van der Waals surface area contributed by atoms with Crippen LogP contribution < -0.4 is 5.73 Å². The summed E-state index contributed by atoms with van der Waals surface area (Å²) in [6.07, 6.45) is 2.82. The molecule has 0 bridgehead atoms. The van der Waals surface area contributed by atoms with Gasteiger partial charge < -0.3 is 5.73 Å². The number of anilines is 1. The number of hydrogen-bond acceptors (Lipinski definition) is 3. The van der Waals surface area contributed by atoms with Crippen molar-refractivity contribution >= 4 is 15.7 Å². The van der Waals surface area contributed by atoms with Gasteiger partial charge in [0.25, 0.3) is 0 Å². The number of halogens is 1. The molecule has 1 aliphatic heterocycles. The summed E-state index contributed by atoms with van der Waals surface area (Å²) in [5.41, 5.74) is 5.59. The Kier molecular flexibility index (Phi) is 4.10. The fourth-order valence-electron chi connectivity index (χ4n) is 2.45. The number of rotatable bonds is 3. The third-order valence-corrected chi connectivity index (χ3v) is 5.71. The van der Waals surface area contributed by atoms with Gasteiger partial charge in [-0.25, -0.2) is 12.8 Å².